The molecule has 0 N–H and O–H groups in total. The number of nitrogens with zero attached hydrogens (tertiary/aromatic N) is 1. The lowest BCUT2D eigenvalue weighted by atomic mass is 10.1. The van der Waals surface area contributed by atoms with Gasteiger partial charge in [0, 0.05) is 12.6 Å². The van der Waals surface area contributed by atoms with Crippen molar-refractivity contribution in [2.75, 3.05) is 6.61 Å². The number of hydrogen-bond donors (Lipinski definition) is 0. The highest BCUT2D eigenvalue weighted by Gasteiger charge is 1.96. The summed E-state index contributed by atoms with van der Waals surface area (Å²) in [6.45, 7) is 6.53. The maximum atomic E-state index is 4.98. The molecule has 1 aliphatic rings. The monoisotopic (exact) mass is 195 g/mol. The van der Waals surface area contributed by atoms with Crippen LogP contribution in [0.1, 0.15) is 40.0 Å². The minimum Gasteiger partial charge on any atom is -0.396 e. The third-order valence-corrected chi connectivity index (χ3v) is 1.73. The summed E-state index contributed by atoms with van der Waals surface area (Å²) in [5.41, 5.74) is 1.37. The van der Waals surface area contributed by atoms with Crippen LogP contribution in [0.4, 0.5) is 0 Å². The molecule has 1 rings (SSSR count). The summed E-state index contributed by atoms with van der Waals surface area (Å²) < 4.78 is 0. The Bertz CT molecular complexity index is 204. The van der Waals surface area contributed by atoms with E-state index in [1.807, 2.05) is 20.8 Å². The molecule has 0 amide bonds. The van der Waals surface area contributed by atoms with E-state index in [2.05, 4.69) is 23.4 Å². The van der Waals surface area contributed by atoms with Crippen LogP contribution in [-0.4, -0.2) is 12.8 Å². The van der Waals surface area contributed by atoms with Crippen LogP contribution in [0.3, 0.4) is 0 Å². The van der Waals surface area contributed by atoms with E-state index in [0.717, 1.165) is 6.42 Å². The molecule has 80 valence electrons. The molecule has 2 nitrogen and oxygen atoms in total. The fourth-order valence-corrected chi connectivity index (χ4v) is 1.14. The second-order valence-electron chi connectivity index (χ2n) is 2.71. The minimum absolute atomic E-state index is 0.681. The van der Waals surface area contributed by atoms with Crippen LogP contribution in [-0.2, 0) is 4.84 Å². The largest absolute Gasteiger partial charge is 0.396 e. The van der Waals surface area contributed by atoms with Gasteiger partial charge in [-0.1, -0.05) is 37.2 Å². The Hall–Kier alpha value is -1.05. The number of rotatable bonds is 4. The molecule has 0 saturated carbocycles. The topological polar surface area (TPSA) is 21.6 Å². The molecule has 0 bridgehead atoms. The summed E-state index contributed by atoms with van der Waals surface area (Å²) in [6.07, 6.45) is 11.6. The lowest BCUT2D eigenvalue weighted by molar-refractivity contribution is 0.149. The van der Waals surface area contributed by atoms with Gasteiger partial charge in [0.15, 0.2) is 0 Å². The third kappa shape index (κ3) is 6.46. The molecule has 0 aromatic rings. The SMILES string of the molecule is C/C=N/OCCC1=CCCC=C1.CC. The number of hydrogen-bond acceptors (Lipinski definition) is 2. The van der Waals surface area contributed by atoms with Gasteiger partial charge in [-0.2, -0.15) is 0 Å². The molecule has 14 heavy (non-hydrogen) atoms. The Labute approximate surface area is 87.3 Å². The van der Waals surface area contributed by atoms with E-state index in [1.54, 1.807) is 6.21 Å². The number of oxime groups is 1. The molecule has 2 heteroatoms. The highest BCUT2D eigenvalue weighted by molar-refractivity contribution is 5.52. The Morgan fingerprint density at radius 1 is 1.43 bits per heavy atom. The zero-order valence-corrected chi connectivity index (χ0v) is 9.49. The van der Waals surface area contributed by atoms with E-state index in [4.69, 9.17) is 4.84 Å². The zero-order valence-electron chi connectivity index (χ0n) is 9.49. The smallest absolute Gasteiger partial charge is 0.121 e. The maximum absolute atomic E-state index is 4.98. The van der Waals surface area contributed by atoms with Gasteiger partial charge in [-0.05, 0) is 25.3 Å². The zero-order chi connectivity index (χ0) is 10.6. The van der Waals surface area contributed by atoms with Crippen molar-refractivity contribution in [1.82, 2.24) is 0 Å². The van der Waals surface area contributed by atoms with E-state index in [0.29, 0.717) is 6.61 Å². The van der Waals surface area contributed by atoms with Crippen LogP contribution in [0.2, 0.25) is 0 Å². The van der Waals surface area contributed by atoms with E-state index < -0.39 is 0 Å². The van der Waals surface area contributed by atoms with E-state index in [-0.39, 0.29) is 0 Å². The second kappa shape index (κ2) is 10.0. The molecule has 1 aliphatic carbocycles. The molecule has 0 spiro atoms. The molecule has 0 atom stereocenters. The molecule has 0 fully saturated rings. The van der Waals surface area contributed by atoms with Crippen molar-refractivity contribution in [2.24, 2.45) is 5.16 Å². The number of allylic oxidation sites excluding steroid dienone is 3. The van der Waals surface area contributed by atoms with E-state index in [1.165, 1.54) is 18.4 Å². The van der Waals surface area contributed by atoms with Crippen molar-refractivity contribution in [3.8, 4) is 0 Å². The van der Waals surface area contributed by atoms with Crippen molar-refractivity contribution in [3.05, 3.63) is 23.8 Å². The van der Waals surface area contributed by atoms with Crippen molar-refractivity contribution in [2.45, 2.75) is 40.0 Å². The summed E-state index contributed by atoms with van der Waals surface area (Å²) in [6, 6.07) is 0. The molecule has 0 unspecified atom stereocenters. The van der Waals surface area contributed by atoms with Gasteiger partial charge < -0.3 is 4.84 Å². The third-order valence-electron chi connectivity index (χ3n) is 1.73. The quantitative estimate of drug-likeness (QED) is 0.381. The molecule has 0 saturated heterocycles. The first kappa shape index (κ1) is 12.9. The van der Waals surface area contributed by atoms with Crippen molar-refractivity contribution in [1.29, 1.82) is 0 Å². The second-order valence-corrected chi connectivity index (χ2v) is 2.71. The summed E-state index contributed by atoms with van der Waals surface area (Å²) >= 11 is 0. The molecule has 0 radical (unpaired) electrons. The van der Waals surface area contributed by atoms with Gasteiger partial charge in [0.1, 0.15) is 6.61 Å². The average Bonchev–Trinajstić information content (AvgIpc) is 2.29. The highest BCUT2D eigenvalue weighted by Crippen LogP contribution is 2.12. The van der Waals surface area contributed by atoms with Crippen molar-refractivity contribution < 1.29 is 4.84 Å². The highest BCUT2D eigenvalue weighted by atomic mass is 16.6. The normalized spacial score (nSPS) is 14.6. The Kier molecular flexibility index (Phi) is 9.28. The fourth-order valence-electron chi connectivity index (χ4n) is 1.14. The van der Waals surface area contributed by atoms with Crippen LogP contribution in [0, 0.1) is 0 Å². The van der Waals surface area contributed by atoms with Gasteiger partial charge in [-0.15, -0.1) is 0 Å². The van der Waals surface area contributed by atoms with Crippen LogP contribution in [0.5, 0.6) is 0 Å². The molecule has 0 aromatic carbocycles. The van der Waals surface area contributed by atoms with E-state index in [9.17, 15) is 0 Å². The van der Waals surface area contributed by atoms with Gasteiger partial charge in [0.05, 0.1) is 0 Å². The fraction of sp³-hybridized carbons (Fsp3) is 0.583. The summed E-state index contributed by atoms with van der Waals surface area (Å²) in [7, 11) is 0. The first-order chi connectivity index (χ1) is 6.93. The average molecular weight is 195 g/mol. The van der Waals surface area contributed by atoms with Crippen molar-refractivity contribution >= 4 is 6.21 Å². The summed E-state index contributed by atoms with van der Waals surface area (Å²) in [4.78, 5) is 4.98. The van der Waals surface area contributed by atoms with Gasteiger partial charge in [0.2, 0.25) is 0 Å². The van der Waals surface area contributed by atoms with Gasteiger partial charge in [0.25, 0.3) is 0 Å². The predicted octanol–water partition coefficient (Wildman–Crippen LogP) is 3.70. The minimum atomic E-state index is 0.681. The van der Waals surface area contributed by atoms with Crippen LogP contribution in [0.15, 0.2) is 29.0 Å². The first-order valence-electron chi connectivity index (χ1n) is 5.39. The Morgan fingerprint density at radius 3 is 2.79 bits per heavy atom. The molecule has 0 aromatic heterocycles. The van der Waals surface area contributed by atoms with Crippen LogP contribution < -0.4 is 0 Å². The Balaban J connectivity index is 0.000000791. The lowest BCUT2D eigenvalue weighted by Crippen LogP contribution is -1.92. The predicted molar refractivity (Wildman–Crippen MR) is 62.5 cm³/mol. The van der Waals surface area contributed by atoms with Gasteiger partial charge >= 0.3 is 0 Å². The Morgan fingerprint density at radius 2 is 2.21 bits per heavy atom. The maximum Gasteiger partial charge on any atom is 0.121 e. The van der Waals surface area contributed by atoms with E-state index >= 15 is 0 Å². The summed E-state index contributed by atoms with van der Waals surface area (Å²) in [5, 5.41) is 3.68. The molecule has 0 aliphatic heterocycles. The van der Waals surface area contributed by atoms with Gasteiger partial charge in [-0.3, -0.25) is 0 Å². The molecule has 0 heterocycles. The summed E-state index contributed by atoms with van der Waals surface area (Å²) in [5.74, 6) is 0. The lowest BCUT2D eigenvalue weighted by Gasteiger charge is -2.04. The van der Waals surface area contributed by atoms with Crippen LogP contribution >= 0.6 is 0 Å². The van der Waals surface area contributed by atoms with Crippen LogP contribution in [0.25, 0.3) is 0 Å². The molecular formula is C12H21NO. The van der Waals surface area contributed by atoms with Crippen molar-refractivity contribution in [3.63, 3.8) is 0 Å². The molecular weight excluding hydrogens is 174 g/mol. The van der Waals surface area contributed by atoms with Gasteiger partial charge in [-0.25, -0.2) is 0 Å². The standard InChI is InChI=1S/C10H15NO.C2H6/c1-2-11-12-9-8-10-6-4-3-5-7-10;1-2/h2,4,6-7H,3,5,8-9H2,1H3;1-2H3/b11-2+;. The first-order valence-corrected chi connectivity index (χ1v) is 5.39.